The van der Waals surface area contributed by atoms with Gasteiger partial charge in [0.15, 0.2) is 0 Å². The van der Waals surface area contributed by atoms with E-state index in [0.29, 0.717) is 18.1 Å². The fourth-order valence-corrected chi connectivity index (χ4v) is 2.14. The number of nitrogens with one attached hydrogen (secondary N) is 2. The number of ether oxygens (including phenoxy) is 1. The van der Waals surface area contributed by atoms with E-state index in [-0.39, 0.29) is 11.9 Å². The van der Waals surface area contributed by atoms with E-state index in [1.54, 1.807) is 13.2 Å². The monoisotopic (exact) mass is 313 g/mol. The van der Waals surface area contributed by atoms with Crippen molar-refractivity contribution in [3.8, 4) is 5.75 Å². The number of hydrogen-bond donors (Lipinski definition) is 2. The van der Waals surface area contributed by atoms with Crippen molar-refractivity contribution in [2.24, 2.45) is 0 Å². The average Bonchev–Trinajstić information content (AvgIpc) is 2.55. The molecule has 122 valence electrons. The van der Waals surface area contributed by atoms with Crippen molar-refractivity contribution in [3.05, 3.63) is 53.7 Å². The molecule has 1 aromatic carbocycles. The standard InChI is InChI=1S/C18H23N3O2/c1-13(2)20-17-6-4-5-16(21-17)18(22)19-12-11-14-7-9-15(23-3)10-8-14/h4-10,13H,11-12H2,1-3H3,(H,19,22)(H,20,21). The highest BCUT2D eigenvalue weighted by molar-refractivity contribution is 5.92. The zero-order chi connectivity index (χ0) is 16.7. The summed E-state index contributed by atoms with van der Waals surface area (Å²) in [6.45, 7) is 4.63. The quantitative estimate of drug-likeness (QED) is 0.825. The molecular weight excluding hydrogens is 290 g/mol. The molecule has 0 saturated carbocycles. The van der Waals surface area contributed by atoms with Crippen molar-refractivity contribution in [1.29, 1.82) is 0 Å². The highest BCUT2D eigenvalue weighted by Gasteiger charge is 2.08. The van der Waals surface area contributed by atoms with Gasteiger partial charge >= 0.3 is 0 Å². The van der Waals surface area contributed by atoms with Crippen LogP contribution in [0.25, 0.3) is 0 Å². The van der Waals surface area contributed by atoms with Crippen molar-refractivity contribution in [1.82, 2.24) is 10.3 Å². The van der Waals surface area contributed by atoms with Crippen LogP contribution in [0.3, 0.4) is 0 Å². The van der Waals surface area contributed by atoms with Crippen LogP contribution >= 0.6 is 0 Å². The second-order valence-electron chi connectivity index (χ2n) is 5.56. The zero-order valence-electron chi connectivity index (χ0n) is 13.8. The molecule has 0 aliphatic rings. The molecule has 0 unspecified atom stereocenters. The molecule has 0 aliphatic carbocycles. The molecule has 1 amide bonds. The summed E-state index contributed by atoms with van der Waals surface area (Å²) in [7, 11) is 1.64. The summed E-state index contributed by atoms with van der Waals surface area (Å²) >= 11 is 0. The Kier molecular flexibility index (Phi) is 5.97. The van der Waals surface area contributed by atoms with Crippen LogP contribution < -0.4 is 15.4 Å². The molecule has 2 N–H and O–H groups in total. The van der Waals surface area contributed by atoms with Crippen LogP contribution in [0.5, 0.6) is 5.75 Å². The van der Waals surface area contributed by atoms with Crippen LogP contribution in [0.15, 0.2) is 42.5 Å². The lowest BCUT2D eigenvalue weighted by atomic mass is 10.1. The number of pyridine rings is 1. The molecule has 1 aromatic heterocycles. The maximum absolute atomic E-state index is 12.2. The van der Waals surface area contributed by atoms with E-state index in [1.165, 1.54) is 0 Å². The predicted octanol–water partition coefficient (Wildman–Crippen LogP) is 2.88. The van der Waals surface area contributed by atoms with Crippen LogP contribution in [0.2, 0.25) is 0 Å². The largest absolute Gasteiger partial charge is 0.497 e. The number of aromatic nitrogens is 1. The number of carbonyl (C=O) groups excluding carboxylic acids is 1. The molecule has 0 bridgehead atoms. The number of amides is 1. The third-order valence-corrected chi connectivity index (χ3v) is 3.28. The Morgan fingerprint density at radius 3 is 2.57 bits per heavy atom. The second kappa shape index (κ2) is 8.17. The van der Waals surface area contributed by atoms with Gasteiger partial charge in [0, 0.05) is 12.6 Å². The van der Waals surface area contributed by atoms with Crippen molar-refractivity contribution in [3.63, 3.8) is 0 Å². The van der Waals surface area contributed by atoms with Gasteiger partial charge in [0.1, 0.15) is 17.3 Å². The van der Waals surface area contributed by atoms with Gasteiger partial charge in [-0.05, 0) is 50.1 Å². The molecule has 0 saturated heterocycles. The summed E-state index contributed by atoms with van der Waals surface area (Å²) in [4.78, 5) is 16.5. The highest BCUT2D eigenvalue weighted by atomic mass is 16.5. The molecule has 0 spiro atoms. The highest BCUT2D eigenvalue weighted by Crippen LogP contribution is 2.11. The summed E-state index contributed by atoms with van der Waals surface area (Å²) in [6.07, 6.45) is 0.764. The molecule has 5 heteroatoms. The van der Waals surface area contributed by atoms with Crippen molar-refractivity contribution >= 4 is 11.7 Å². The van der Waals surface area contributed by atoms with Crippen LogP contribution in [0.4, 0.5) is 5.82 Å². The lowest BCUT2D eigenvalue weighted by molar-refractivity contribution is 0.0949. The third-order valence-electron chi connectivity index (χ3n) is 3.28. The number of nitrogens with zero attached hydrogens (tertiary/aromatic N) is 1. The van der Waals surface area contributed by atoms with Gasteiger partial charge in [0.2, 0.25) is 0 Å². The maximum atomic E-state index is 12.2. The number of hydrogen-bond acceptors (Lipinski definition) is 4. The molecule has 5 nitrogen and oxygen atoms in total. The first-order chi connectivity index (χ1) is 11.1. The van der Waals surface area contributed by atoms with Crippen LogP contribution in [0, 0.1) is 0 Å². The minimum absolute atomic E-state index is 0.161. The van der Waals surface area contributed by atoms with Crippen LogP contribution in [0.1, 0.15) is 29.9 Å². The average molecular weight is 313 g/mol. The summed E-state index contributed by atoms with van der Waals surface area (Å²) in [5, 5.41) is 6.09. The van der Waals surface area contributed by atoms with Gasteiger partial charge < -0.3 is 15.4 Å². The number of benzene rings is 1. The molecule has 0 atom stereocenters. The molecule has 2 rings (SSSR count). The van der Waals surface area contributed by atoms with E-state index in [4.69, 9.17) is 4.74 Å². The Balaban J connectivity index is 1.86. The number of carbonyl (C=O) groups is 1. The first-order valence-electron chi connectivity index (χ1n) is 7.73. The van der Waals surface area contributed by atoms with E-state index in [9.17, 15) is 4.79 Å². The first-order valence-corrected chi connectivity index (χ1v) is 7.73. The number of methoxy groups -OCH3 is 1. The summed E-state index contributed by atoms with van der Waals surface area (Å²) in [6, 6.07) is 13.5. The first kappa shape index (κ1) is 16.8. The Labute approximate surface area is 137 Å². The van der Waals surface area contributed by atoms with Gasteiger partial charge in [-0.15, -0.1) is 0 Å². The van der Waals surface area contributed by atoms with Crippen LogP contribution in [-0.2, 0) is 6.42 Å². The Hall–Kier alpha value is -2.56. The van der Waals surface area contributed by atoms with E-state index >= 15 is 0 Å². The predicted molar refractivity (Wildman–Crippen MR) is 92.0 cm³/mol. The van der Waals surface area contributed by atoms with Crippen molar-refractivity contribution in [2.45, 2.75) is 26.3 Å². The topological polar surface area (TPSA) is 63.2 Å². The lowest BCUT2D eigenvalue weighted by Gasteiger charge is -2.10. The van der Waals surface area contributed by atoms with Crippen molar-refractivity contribution < 1.29 is 9.53 Å². The summed E-state index contributed by atoms with van der Waals surface area (Å²) in [5.41, 5.74) is 1.57. The third kappa shape index (κ3) is 5.29. The van der Waals surface area contributed by atoms with E-state index in [0.717, 1.165) is 17.7 Å². The Bertz CT molecular complexity index is 639. The second-order valence-corrected chi connectivity index (χ2v) is 5.56. The molecule has 0 fully saturated rings. The molecule has 0 radical (unpaired) electrons. The van der Waals surface area contributed by atoms with Gasteiger partial charge in [-0.2, -0.15) is 0 Å². The normalized spacial score (nSPS) is 10.4. The molecular formula is C18H23N3O2. The van der Waals surface area contributed by atoms with Gasteiger partial charge in [-0.25, -0.2) is 4.98 Å². The molecule has 2 aromatic rings. The Morgan fingerprint density at radius 2 is 1.91 bits per heavy atom. The summed E-state index contributed by atoms with van der Waals surface area (Å²) < 4.78 is 5.12. The van der Waals surface area contributed by atoms with Gasteiger partial charge in [-0.3, -0.25) is 4.79 Å². The Morgan fingerprint density at radius 1 is 1.17 bits per heavy atom. The van der Waals surface area contributed by atoms with E-state index in [2.05, 4.69) is 15.6 Å². The van der Waals surface area contributed by atoms with Crippen LogP contribution in [-0.4, -0.2) is 30.6 Å². The molecule has 0 aliphatic heterocycles. The van der Waals surface area contributed by atoms with Gasteiger partial charge in [-0.1, -0.05) is 18.2 Å². The molecule has 23 heavy (non-hydrogen) atoms. The van der Waals surface area contributed by atoms with Gasteiger partial charge in [0.25, 0.3) is 5.91 Å². The smallest absolute Gasteiger partial charge is 0.269 e. The number of rotatable bonds is 7. The summed E-state index contributed by atoms with van der Waals surface area (Å²) in [5.74, 6) is 1.38. The fourth-order valence-electron chi connectivity index (χ4n) is 2.14. The lowest BCUT2D eigenvalue weighted by Crippen LogP contribution is -2.27. The SMILES string of the molecule is COc1ccc(CCNC(=O)c2cccc(NC(C)C)n2)cc1. The maximum Gasteiger partial charge on any atom is 0.269 e. The van der Waals surface area contributed by atoms with E-state index in [1.807, 2.05) is 50.2 Å². The van der Waals surface area contributed by atoms with Gasteiger partial charge in [0.05, 0.1) is 7.11 Å². The number of anilines is 1. The fraction of sp³-hybridized carbons (Fsp3) is 0.333. The zero-order valence-corrected chi connectivity index (χ0v) is 13.8. The minimum atomic E-state index is -0.161. The molecule has 1 heterocycles. The minimum Gasteiger partial charge on any atom is -0.497 e. The van der Waals surface area contributed by atoms with Crippen molar-refractivity contribution in [2.75, 3.05) is 19.0 Å². The van der Waals surface area contributed by atoms with E-state index < -0.39 is 0 Å².